The summed E-state index contributed by atoms with van der Waals surface area (Å²) in [7, 11) is 0. The lowest BCUT2D eigenvalue weighted by Crippen LogP contribution is -1.88. The van der Waals surface area contributed by atoms with Gasteiger partial charge in [0, 0.05) is 0 Å². The Balaban J connectivity index is 2.21. The quantitative estimate of drug-likeness (QED) is 0.451. The second-order valence-corrected chi connectivity index (χ2v) is 5.20. The topological polar surface area (TPSA) is 0 Å². The molecule has 0 amide bonds. The predicted octanol–water partition coefficient (Wildman–Crippen LogP) is 5.86. The van der Waals surface area contributed by atoms with Crippen LogP contribution in [0, 0.1) is 0 Å². The van der Waals surface area contributed by atoms with Crippen molar-refractivity contribution >= 4 is 5.57 Å². The van der Waals surface area contributed by atoms with Gasteiger partial charge in [-0.15, -0.1) is 6.58 Å². The number of benzene rings is 2. The molecule has 0 atom stereocenters. The van der Waals surface area contributed by atoms with Crippen molar-refractivity contribution in [2.75, 3.05) is 0 Å². The first kappa shape index (κ1) is 14.3. The maximum Gasteiger partial charge on any atom is -0.0151 e. The van der Waals surface area contributed by atoms with Crippen LogP contribution in [0.3, 0.4) is 0 Å². The summed E-state index contributed by atoms with van der Waals surface area (Å²) in [5.74, 6) is 0. The van der Waals surface area contributed by atoms with Gasteiger partial charge in [-0.1, -0.05) is 72.3 Å². The predicted molar refractivity (Wildman–Crippen MR) is 88.6 cm³/mol. The zero-order chi connectivity index (χ0) is 14.2. The lowest BCUT2D eigenvalue weighted by molar-refractivity contribution is 0.836. The summed E-state index contributed by atoms with van der Waals surface area (Å²) in [6, 6.07) is 21.2. The Morgan fingerprint density at radius 3 is 1.85 bits per heavy atom. The Morgan fingerprint density at radius 2 is 1.40 bits per heavy atom. The third-order valence-electron chi connectivity index (χ3n) is 3.33. The molecule has 0 N–H and O–H groups in total. The summed E-state index contributed by atoms with van der Waals surface area (Å²) < 4.78 is 0. The van der Waals surface area contributed by atoms with E-state index < -0.39 is 0 Å². The molecule has 2 aromatic rings. The van der Waals surface area contributed by atoms with Gasteiger partial charge < -0.3 is 0 Å². The van der Waals surface area contributed by atoms with E-state index in [1.807, 2.05) is 0 Å². The fraction of sp³-hybridized carbons (Fsp3) is 0.200. The molecular weight excluding hydrogens is 240 g/mol. The van der Waals surface area contributed by atoms with Gasteiger partial charge in [0.05, 0.1) is 0 Å². The van der Waals surface area contributed by atoms with Crippen molar-refractivity contribution in [2.24, 2.45) is 0 Å². The molecule has 0 unspecified atom stereocenters. The molecule has 0 saturated carbocycles. The molecule has 0 aliphatic rings. The van der Waals surface area contributed by atoms with Gasteiger partial charge in [-0.05, 0) is 42.9 Å². The summed E-state index contributed by atoms with van der Waals surface area (Å²) >= 11 is 0. The van der Waals surface area contributed by atoms with E-state index in [1.54, 1.807) is 0 Å². The number of hydrogen-bond donors (Lipinski definition) is 0. The van der Waals surface area contributed by atoms with Gasteiger partial charge in [0.1, 0.15) is 0 Å². The van der Waals surface area contributed by atoms with Crippen LogP contribution in [0.1, 0.15) is 37.3 Å². The molecule has 20 heavy (non-hydrogen) atoms. The van der Waals surface area contributed by atoms with E-state index in [4.69, 9.17) is 0 Å². The summed E-state index contributed by atoms with van der Waals surface area (Å²) in [4.78, 5) is 0. The minimum absolute atomic E-state index is 1.09. The van der Waals surface area contributed by atoms with Crippen LogP contribution in [-0.2, 0) is 0 Å². The van der Waals surface area contributed by atoms with Crippen molar-refractivity contribution in [3.05, 3.63) is 90.0 Å². The normalized spacial score (nSPS) is 10.1. The monoisotopic (exact) mass is 262 g/mol. The molecule has 0 radical (unpaired) electrons. The molecule has 0 heterocycles. The van der Waals surface area contributed by atoms with Crippen LogP contribution in [0.5, 0.6) is 0 Å². The third kappa shape index (κ3) is 4.24. The van der Waals surface area contributed by atoms with Gasteiger partial charge in [0.25, 0.3) is 0 Å². The highest BCUT2D eigenvalue weighted by atomic mass is 14.1. The molecular formula is C20H22. The number of hydrogen-bond acceptors (Lipinski definition) is 0. The summed E-state index contributed by atoms with van der Waals surface area (Å²) in [5.41, 5.74) is 5.16. The van der Waals surface area contributed by atoms with Crippen molar-refractivity contribution < 1.29 is 0 Å². The number of unbranched alkanes of at least 4 members (excludes halogenated alkanes) is 1. The molecule has 0 heteroatoms. The van der Waals surface area contributed by atoms with Gasteiger partial charge in [0.15, 0.2) is 0 Å². The maximum absolute atomic E-state index is 3.97. The van der Waals surface area contributed by atoms with Crippen LogP contribution >= 0.6 is 0 Å². The second kappa shape index (κ2) is 7.49. The van der Waals surface area contributed by atoms with Crippen molar-refractivity contribution in [2.45, 2.75) is 26.2 Å². The van der Waals surface area contributed by atoms with Crippen LogP contribution in [0.2, 0.25) is 0 Å². The minimum atomic E-state index is 1.09. The molecule has 0 aromatic heterocycles. The van der Waals surface area contributed by atoms with E-state index in [0.717, 1.165) is 12.8 Å². The van der Waals surface area contributed by atoms with Gasteiger partial charge in [-0.2, -0.15) is 0 Å². The van der Waals surface area contributed by atoms with Crippen molar-refractivity contribution in [1.82, 2.24) is 0 Å². The Morgan fingerprint density at radius 1 is 0.900 bits per heavy atom. The molecule has 102 valence electrons. The molecule has 0 nitrogen and oxygen atoms in total. The molecule has 0 fully saturated rings. The highest BCUT2D eigenvalue weighted by molar-refractivity contribution is 5.79. The smallest absolute Gasteiger partial charge is 0.0151 e. The molecule has 0 saturated heterocycles. The van der Waals surface area contributed by atoms with Gasteiger partial charge in [-0.25, -0.2) is 0 Å². The molecule has 0 aliphatic carbocycles. The Labute approximate surface area is 122 Å². The van der Waals surface area contributed by atoms with Crippen LogP contribution in [0.4, 0.5) is 0 Å². The first-order valence-corrected chi connectivity index (χ1v) is 7.23. The zero-order valence-corrected chi connectivity index (χ0v) is 12.2. The Kier molecular flexibility index (Phi) is 5.37. The largest absolute Gasteiger partial charge is 0.100 e. The Bertz CT molecular complexity index is 520. The lowest BCUT2D eigenvalue weighted by atomic mass is 9.96. The summed E-state index contributed by atoms with van der Waals surface area (Å²) in [6.07, 6.45) is 5.71. The molecule has 0 spiro atoms. The van der Waals surface area contributed by atoms with Crippen LogP contribution < -0.4 is 0 Å². The summed E-state index contributed by atoms with van der Waals surface area (Å²) in [5, 5.41) is 0. The number of rotatable bonds is 6. The fourth-order valence-electron chi connectivity index (χ4n) is 2.29. The molecule has 2 rings (SSSR count). The average molecular weight is 262 g/mol. The first-order valence-electron chi connectivity index (χ1n) is 7.23. The average Bonchev–Trinajstić information content (AvgIpc) is 2.49. The third-order valence-corrected chi connectivity index (χ3v) is 3.33. The molecule has 2 aromatic carbocycles. The van der Waals surface area contributed by atoms with Crippen LogP contribution in [0.15, 0.2) is 78.9 Å². The number of allylic oxidation sites excluding steroid dienone is 2. The van der Waals surface area contributed by atoms with E-state index in [2.05, 4.69) is 80.2 Å². The van der Waals surface area contributed by atoms with Gasteiger partial charge in [0.2, 0.25) is 0 Å². The first-order chi connectivity index (χ1) is 9.77. The SMILES string of the molecule is C=C(C)CCCC=C(c1ccccc1)c1ccccc1. The molecule has 0 aliphatic heterocycles. The van der Waals surface area contributed by atoms with Crippen LogP contribution in [0.25, 0.3) is 5.57 Å². The van der Waals surface area contributed by atoms with Gasteiger partial charge in [-0.3, -0.25) is 0 Å². The van der Waals surface area contributed by atoms with E-state index in [1.165, 1.54) is 28.7 Å². The highest BCUT2D eigenvalue weighted by Gasteiger charge is 2.03. The van der Waals surface area contributed by atoms with Gasteiger partial charge >= 0.3 is 0 Å². The Hall–Kier alpha value is -2.08. The van der Waals surface area contributed by atoms with E-state index in [-0.39, 0.29) is 0 Å². The van der Waals surface area contributed by atoms with E-state index in [9.17, 15) is 0 Å². The van der Waals surface area contributed by atoms with Crippen molar-refractivity contribution in [3.63, 3.8) is 0 Å². The fourth-order valence-corrected chi connectivity index (χ4v) is 2.29. The molecule has 0 bridgehead atoms. The van der Waals surface area contributed by atoms with E-state index >= 15 is 0 Å². The zero-order valence-electron chi connectivity index (χ0n) is 12.2. The minimum Gasteiger partial charge on any atom is -0.100 e. The van der Waals surface area contributed by atoms with Crippen molar-refractivity contribution in [1.29, 1.82) is 0 Å². The van der Waals surface area contributed by atoms with E-state index in [0.29, 0.717) is 0 Å². The maximum atomic E-state index is 3.97. The van der Waals surface area contributed by atoms with Crippen molar-refractivity contribution in [3.8, 4) is 0 Å². The summed E-state index contributed by atoms with van der Waals surface area (Å²) in [6.45, 7) is 6.06. The van der Waals surface area contributed by atoms with Crippen LogP contribution in [-0.4, -0.2) is 0 Å². The standard InChI is InChI=1S/C20H22/c1-17(2)11-9-10-16-20(18-12-5-3-6-13-18)19-14-7-4-8-15-19/h3-8,12-16H,1,9-11H2,2H3. The second-order valence-electron chi connectivity index (χ2n) is 5.20. The lowest BCUT2D eigenvalue weighted by Gasteiger charge is -2.09. The highest BCUT2D eigenvalue weighted by Crippen LogP contribution is 2.24.